The van der Waals surface area contributed by atoms with Crippen molar-refractivity contribution in [1.82, 2.24) is 24.4 Å². The number of aliphatic carboxylic acids is 1. The molecule has 0 saturated carbocycles. The number of benzene rings is 2. The van der Waals surface area contributed by atoms with E-state index in [-0.39, 0.29) is 18.5 Å². The summed E-state index contributed by atoms with van der Waals surface area (Å²) in [6, 6.07) is 16.9. The van der Waals surface area contributed by atoms with Gasteiger partial charge in [0.25, 0.3) is 5.56 Å². The predicted octanol–water partition coefficient (Wildman–Crippen LogP) is 3.77. The number of methoxy groups -OCH3 is 1. The van der Waals surface area contributed by atoms with Crippen LogP contribution in [0.25, 0.3) is 27.8 Å². The Balaban J connectivity index is 1.67. The highest BCUT2D eigenvalue weighted by atomic mass is 35.5. The first-order chi connectivity index (χ1) is 17.0. The Bertz CT molecular complexity index is 1600. The largest absolute Gasteiger partial charge is 0.480 e. The summed E-state index contributed by atoms with van der Waals surface area (Å²) >= 11 is 6.05. The van der Waals surface area contributed by atoms with E-state index in [9.17, 15) is 14.7 Å². The first-order valence-corrected chi connectivity index (χ1v) is 11.2. The molecule has 0 spiro atoms. The van der Waals surface area contributed by atoms with E-state index < -0.39 is 17.6 Å². The number of hydrogen-bond donors (Lipinski definition) is 1. The minimum Gasteiger partial charge on any atom is -0.480 e. The second kappa shape index (κ2) is 9.28. The van der Waals surface area contributed by atoms with E-state index in [0.29, 0.717) is 21.9 Å². The Kier molecular flexibility index (Phi) is 6.02. The summed E-state index contributed by atoms with van der Waals surface area (Å²) in [5, 5.41) is 23.6. The first-order valence-electron chi connectivity index (χ1n) is 10.8. The SMILES string of the molecule is COCc1nn2c(nnc3c(=O)n(C(Cc4ccccc4)C(=O)O)ccc32)c1-c1ccc(Cl)cc1. The molecule has 3 heterocycles. The summed E-state index contributed by atoms with van der Waals surface area (Å²) < 4.78 is 8.05. The minimum absolute atomic E-state index is 0.0217. The molecule has 0 aliphatic rings. The molecule has 0 saturated heterocycles. The van der Waals surface area contributed by atoms with E-state index in [1.807, 2.05) is 42.5 Å². The zero-order valence-electron chi connectivity index (χ0n) is 18.6. The van der Waals surface area contributed by atoms with Gasteiger partial charge in [-0.2, -0.15) is 5.10 Å². The van der Waals surface area contributed by atoms with E-state index in [2.05, 4.69) is 15.3 Å². The van der Waals surface area contributed by atoms with Crippen molar-refractivity contribution in [1.29, 1.82) is 0 Å². The number of carbonyl (C=O) groups is 1. The normalized spacial score (nSPS) is 12.3. The number of hydrogen-bond acceptors (Lipinski definition) is 6. The van der Waals surface area contributed by atoms with Crippen LogP contribution in [0.5, 0.6) is 0 Å². The van der Waals surface area contributed by atoms with Crippen LogP contribution in [0.2, 0.25) is 5.02 Å². The van der Waals surface area contributed by atoms with Crippen molar-refractivity contribution in [2.24, 2.45) is 0 Å². The van der Waals surface area contributed by atoms with Gasteiger partial charge in [0.1, 0.15) is 11.6 Å². The maximum Gasteiger partial charge on any atom is 0.327 e. The summed E-state index contributed by atoms with van der Waals surface area (Å²) in [6.07, 6.45) is 1.62. The molecule has 0 amide bonds. The number of rotatable bonds is 7. The Morgan fingerprint density at radius 1 is 1.09 bits per heavy atom. The van der Waals surface area contributed by atoms with Crippen molar-refractivity contribution < 1.29 is 14.6 Å². The van der Waals surface area contributed by atoms with Gasteiger partial charge in [-0.05, 0) is 29.3 Å². The van der Waals surface area contributed by atoms with Gasteiger partial charge in [0.2, 0.25) is 0 Å². The minimum atomic E-state index is -1.11. The van der Waals surface area contributed by atoms with E-state index in [1.165, 1.54) is 10.8 Å². The van der Waals surface area contributed by atoms with E-state index in [4.69, 9.17) is 16.3 Å². The number of pyridine rings is 1. The van der Waals surface area contributed by atoms with Crippen LogP contribution in [-0.2, 0) is 22.6 Å². The molecule has 9 nitrogen and oxygen atoms in total. The van der Waals surface area contributed by atoms with Crippen LogP contribution in [0.3, 0.4) is 0 Å². The molecule has 0 bridgehead atoms. The molecule has 1 unspecified atom stereocenters. The lowest BCUT2D eigenvalue weighted by molar-refractivity contribution is -0.141. The molecule has 3 aromatic heterocycles. The fourth-order valence-corrected chi connectivity index (χ4v) is 4.27. The molecule has 0 fully saturated rings. The Morgan fingerprint density at radius 3 is 2.51 bits per heavy atom. The topological polar surface area (TPSA) is 112 Å². The molecule has 1 N–H and O–H groups in total. The first kappa shape index (κ1) is 22.7. The number of carboxylic acids is 1. The highest BCUT2D eigenvalue weighted by Crippen LogP contribution is 2.30. The zero-order valence-corrected chi connectivity index (χ0v) is 19.4. The van der Waals surface area contributed by atoms with Gasteiger partial charge in [-0.25, -0.2) is 9.31 Å². The van der Waals surface area contributed by atoms with Crippen molar-refractivity contribution in [3.05, 3.63) is 93.5 Å². The molecule has 0 aliphatic carbocycles. The fraction of sp³-hybridized carbons (Fsp3) is 0.160. The molecule has 2 aromatic carbocycles. The molecule has 5 rings (SSSR count). The summed E-state index contributed by atoms with van der Waals surface area (Å²) in [7, 11) is 1.57. The molecule has 10 heteroatoms. The second-order valence-corrected chi connectivity index (χ2v) is 8.44. The van der Waals surface area contributed by atoms with Gasteiger partial charge in [-0.15, -0.1) is 10.2 Å². The molecule has 35 heavy (non-hydrogen) atoms. The van der Waals surface area contributed by atoms with Crippen LogP contribution in [-0.4, -0.2) is 42.6 Å². The fourth-order valence-electron chi connectivity index (χ4n) is 4.14. The van der Waals surface area contributed by atoms with Crippen LogP contribution in [0, 0.1) is 0 Å². The standard InChI is InChI=1S/C25H20ClN5O4/c1-35-14-18-21(16-7-9-17(26)10-8-16)23-28-27-22-19(31(23)29-18)11-12-30(24(22)32)20(25(33)34)13-15-5-3-2-4-6-15/h2-12,20H,13-14H2,1H3,(H,33,34). The van der Waals surface area contributed by atoms with Crippen LogP contribution < -0.4 is 5.56 Å². The number of nitrogens with zero attached hydrogens (tertiary/aromatic N) is 5. The second-order valence-electron chi connectivity index (χ2n) is 8.00. The molecule has 176 valence electrons. The summed E-state index contributed by atoms with van der Waals surface area (Å²) in [5.41, 5.74) is 3.29. The van der Waals surface area contributed by atoms with Gasteiger partial charge >= 0.3 is 5.97 Å². The quantitative estimate of drug-likeness (QED) is 0.370. The molecule has 0 aliphatic heterocycles. The predicted molar refractivity (Wildman–Crippen MR) is 131 cm³/mol. The summed E-state index contributed by atoms with van der Waals surface area (Å²) in [5.74, 6) is -1.11. The number of aromatic nitrogens is 5. The summed E-state index contributed by atoms with van der Waals surface area (Å²) in [6.45, 7) is 0.220. The molecule has 0 radical (unpaired) electrons. The van der Waals surface area contributed by atoms with Crippen LogP contribution >= 0.6 is 11.6 Å². The van der Waals surface area contributed by atoms with Crippen molar-refractivity contribution in [3.8, 4) is 11.1 Å². The van der Waals surface area contributed by atoms with Crippen molar-refractivity contribution in [2.45, 2.75) is 19.1 Å². The highest BCUT2D eigenvalue weighted by molar-refractivity contribution is 6.30. The molecular weight excluding hydrogens is 470 g/mol. The van der Waals surface area contributed by atoms with Crippen LogP contribution in [0.15, 0.2) is 71.7 Å². The highest BCUT2D eigenvalue weighted by Gasteiger charge is 2.24. The van der Waals surface area contributed by atoms with Gasteiger partial charge < -0.3 is 9.84 Å². The van der Waals surface area contributed by atoms with E-state index >= 15 is 0 Å². The van der Waals surface area contributed by atoms with Crippen molar-refractivity contribution in [2.75, 3.05) is 7.11 Å². The lowest BCUT2D eigenvalue weighted by Gasteiger charge is -2.16. The van der Waals surface area contributed by atoms with Crippen molar-refractivity contribution in [3.63, 3.8) is 0 Å². The third-order valence-electron chi connectivity index (χ3n) is 5.79. The Hall–Kier alpha value is -4.08. The molecule has 5 aromatic rings. The molecule has 1 atom stereocenters. The van der Waals surface area contributed by atoms with Gasteiger partial charge in [0, 0.05) is 24.8 Å². The van der Waals surface area contributed by atoms with Gasteiger partial charge in [0.15, 0.2) is 11.2 Å². The molecular formula is C25H20ClN5O4. The lowest BCUT2D eigenvalue weighted by atomic mass is 10.1. The smallest absolute Gasteiger partial charge is 0.327 e. The van der Waals surface area contributed by atoms with Gasteiger partial charge in [-0.1, -0.05) is 54.1 Å². The third-order valence-corrected chi connectivity index (χ3v) is 6.04. The Labute approximate surface area is 204 Å². The zero-order chi connectivity index (χ0) is 24.5. The maximum absolute atomic E-state index is 13.3. The summed E-state index contributed by atoms with van der Waals surface area (Å²) in [4.78, 5) is 25.4. The van der Waals surface area contributed by atoms with Crippen LogP contribution in [0.1, 0.15) is 17.3 Å². The Morgan fingerprint density at radius 2 is 1.83 bits per heavy atom. The average molecular weight is 490 g/mol. The van der Waals surface area contributed by atoms with Crippen LogP contribution in [0.4, 0.5) is 0 Å². The number of carboxylic acid groups (broad SMARTS) is 1. The monoisotopic (exact) mass is 489 g/mol. The average Bonchev–Trinajstić information content (AvgIpc) is 3.23. The lowest BCUT2D eigenvalue weighted by Crippen LogP contribution is -2.31. The maximum atomic E-state index is 13.3. The number of halogens is 1. The van der Waals surface area contributed by atoms with E-state index in [1.54, 1.807) is 29.8 Å². The number of fused-ring (bicyclic) bond motifs is 3. The third kappa shape index (κ3) is 4.16. The van der Waals surface area contributed by atoms with Crippen molar-refractivity contribution >= 4 is 34.3 Å². The van der Waals surface area contributed by atoms with E-state index in [0.717, 1.165) is 16.7 Å². The van der Waals surface area contributed by atoms with Gasteiger partial charge in [0.05, 0.1) is 17.9 Å². The van der Waals surface area contributed by atoms with Gasteiger partial charge in [-0.3, -0.25) is 9.36 Å². The number of ether oxygens (including phenoxy) is 1.